The van der Waals surface area contributed by atoms with Gasteiger partial charge >= 0.3 is 0 Å². The molecule has 0 unspecified atom stereocenters. The Bertz CT molecular complexity index is 958. The zero-order valence-corrected chi connectivity index (χ0v) is 16.7. The molecule has 0 bridgehead atoms. The Kier molecular flexibility index (Phi) is 6.21. The molecule has 0 fully saturated rings. The minimum Gasteiger partial charge on any atom is -0.377 e. The van der Waals surface area contributed by atoms with Crippen molar-refractivity contribution in [2.75, 3.05) is 11.9 Å². The Labute approximate surface area is 166 Å². The SMILES string of the molecule is O=S(=O)(NC[C@H](Nc1ccc(Cl)cc1)c1ccccc1)c1ccc(Cl)s1. The van der Waals surface area contributed by atoms with Crippen molar-refractivity contribution in [3.63, 3.8) is 0 Å². The second kappa shape index (κ2) is 8.41. The molecule has 1 heterocycles. The lowest BCUT2D eigenvalue weighted by atomic mass is 10.1. The molecule has 136 valence electrons. The lowest BCUT2D eigenvalue weighted by Gasteiger charge is -2.21. The third-order valence-corrected chi connectivity index (χ3v) is 7.08. The molecule has 0 saturated carbocycles. The van der Waals surface area contributed by atoms with Gasteiger partial charge in [-0.05, 0) is 42.0 Å². The standard InChI is InChI=1S/C18H16Cl2N2O2S2/c19-14-6-8-15(9-7-14)22-16(13-4-2-1-3-5-13)12-21-26(23,24)18-11-10-17(20)25-18/h1-11,16,21-22H,12H2/t16-/m0/s1. The topological polar surface area (TPSA) is 58.2 Å². The maximum absolute atomic E-state index is 12.5. The first-order valence-electron chi connectivity index (χ1n) is 7.76. The van der Waals surface area contributed by atoms with E-state index in [-0.39, 0.29) is 16.8 Å². The molecule has 3 rings (SSSR count). The largest absolute Gasteiger partial charge is 0.377 e. The summed E-state index contributed by atoms with van der Waals surface area (Å²) >= 11 is 12.8. The smallest absolute Gasteiger partial charge is 0.250 e. The van der Waals surface area contributed by atoms with Gasteiger partial charge in [0.1, 0.15) is 4.21 Å². The first kappa shape index (κ1) is 19.2. The van der Waals surface area contributed by atoms with Gasteiger partial charge in [-0.1, -0.05) is 53.5 Å². The molecule has 3 aromatic rings. The highest BCUT2D eigenvalue weighted by molar-refractivity contribution is 7.91. The minimum atomic E-state index is -3.62. The molecular weight excluding hydrogens is 411 g/mol. The van der Waals surface area contributed by atoms with Crippen molar-refractivity contribution < 1.29 is 8.42 Å². The molecule has 1 atom stereocenters. The Morgan fingerprint density at radius 3 is 2.23 bits per heavy atom. The van der Waals surface area contributed by atoms with Crippen molar-refractivity contribution in [1.82, 2.24) is 4.72 Å². The van der Waals surface area contributed by atoms with Gasteiger partial charge in [0.15, 0.2) is 0 Å². The summed E-state index contributed by atoms with van der Waals surface area (Å²) in [6.45, 7) is 0.185. The summed E-state index contributed by atoms with van der Waals surface area (Å²) in [6.07, 6.45) is 0. The van der Waals surface area contributed by atoms with Crippen molar-refractivity contribution in [3.8, 4) is 0 Å². The van der Waals surface area contributed by atoms with Gasteiger partial charge in [-0.25, -0.2) is 13.1 Å². The Morgan fingerprint density at radius 2 is 1.62 bits per heavy atom. The molecule has 0 amide bonds. The van der Waals surface area contributed by atoms with E-state index < -0.39 is 10.0 Å². The van der Waals surface area contributed by atoms with E-state index >= 15 is 0 Å². The lowest BCUT2D eigenvalue weighted by molar-refractivity contribution is 0.578. The van der Waals surface area contributed by atoms with Crippen LogP contribution < -0.4 is 10.0 Å². The van der Waals surface area contributed by atoms with Crippen LogP contribution in [-0.2, 0) is 10.0 Å². The zero-order valence-electron chi connectivity index (χ0n) is 13.5. The molecule has 0 radical (unpaired) electrons. The number of nitrogens with one attached hydrogen (secondary N) is 2. The monoisotopic (exact) mass is 426 g/mol. The van der Waals surface area contributed by atoms with Crippen LogP contribution in [0.4, 0.5) is 5.69 Å². The highest BCUT2D eigenvalue weighted by atomic mass is 35.5. The molecule has 0 saturated heterocycles. The summed E-state index contributed by atoms with van der Waals surface area (Å²) in [5, 5.41) is 3.98. The third kappa shape index (κ3) is 4.99. The number of anilines is 1. The normalized spacial score (nSPS) is 12.7. The van der Waals surface area contributed by atoms with Crippen molar-refractivity contribution in [2.45, 2.75) is 10.3 Å². The van der Waals surface area contributed by atoms with E-state index in [1.165, 1.54) is 6.07 Å². The molecule has 1 aromatic heterocycles. The van der Waals surface area contributed by atoms with E-state index in [9.17, 15) is 8.42 Å². The summed E-state index contributed by atoms with van der Waals surface area (Å²) < 4.78 is 28.2. The van der Waals surface area contributed by atoms with Crippen molar-refractivity contribution in [3.05, 3.63) is 81.7 Å². The van der Waals surface area contributed by atoms with Gasteiger partial charge in [0.25, 0.3) is 0 Å². The summed E-state index contributed by atoms with van der Waals surface area (Å²) in [5.74, 6) is 0. The van der Waals surface area contributed by atoms with Crippen LogP contribution in [0.15, 0.2) is 70.9 Å². The van der Waals surface area contributed by atoms with Crippen LogP contribution in [0.5, 0.6) is 0 Å². The Balaban J connectivity index is 1.78. The van der Waals surface area contributed by atoms with Gasteiger partial charge < -0.3 is 5.32 Å². The molecule has 4 nitrogen and oxygen atoms in total. The van der Waals surface area contributed by atoms with Crippen LogP contribution >= 0.6 is 34.5 Å². The predicted molar refractivity (Wildman–Crippen MR) is 109 cm³/mol. The van der Waals surface area contributed by atoms with E-state index in [1.807, 2.05) is 42.5 Å². The maximum Gasteiger partial charge on any atom is 0.250 e. The fraction of sp³-hybridized carbons (Fsp3) is 0.111. The first-order chi connectivity index (χ1) is 12.4. The van der Waals surface area contributed by atoms with Crippen LogP contribution in [-0.4, -0.2) is 15.0 Å². The van der Waals surface area contributed by atoms with Gasteiger partial charge in [-0.2, -0.15) is 0 Å². The number of hydrogen-bond donors (Lipinski definition) is 2. The summed E-state index contributed by atoms with van der Waals surface area (Å²) in [5.41, 5.74) is 1.82. The van der Waals surface area contributed by atoms with Gasteiger partial charge in [0, 0.05) is 17.3 Å². The molecule has 2 aromatic carbocycles. The maximum atomic E-state index is 12.5. The number of hydrogen-bond acceptors (Lipinski definition) is 4. The average Bonchev–Trinajstić information content (AvgIpc) is 3.08. The van der Waals surface area contributed by atoms with E-state index in [1.54, 1.807) is 18.2 Å². The molecule has 0 aliphatic carbocycles. The van der Waals surface area contributed by atoms with E-state index in [4.69, 9.17) is 23.2 Å². The first-order valence-corrected chi connectivity index (χ1v) is 10.8. The van der Waals surface area contributed by atoms with Crippen LogP contribution in [0.25, 0.3) is 0 Å². The lowest BCUT2D eigenvalue weighted by Crippen LogP contribution is -2.31. The molecule has 0 aliphatic heterocycles. The highest BCUT2D eigenvalue weighted by Crippen LogP contribution is 2.26. The number of halogens is 2. The average molecular weight is 427 g/mol. The zero-order chi connectivity index (χ0) is 18.6. The van der Waals surface area contributed by atoms with Crippen molar-refractivity contribution >= 4 is 50.2 Å². The molecule has 26 heavy (non-hydrogen) atoms. The Morgan fingerprint density at radius 1 is 0.923 bits per heavy atom. The highest BCUT2D eigenvalue weighted by Gasteiger charge is 2.20. The summed E-state index contributed by atoms with van der Waals surface area (Å²) in [7, 11) is -3.62. The quantitative estimate of drug-likeness (QED) is 0.546. The third-order valence-electron chi connectivity index (χ3n) is 3.68. The Hall–Kier alpha value is -1.57. The van der Waals surface area contributed by atoms with Crippen molar-refractivity contribution in [2.24, 2.45) is 0 Å². The molecule has 8 heteroatoms. The minimum absolute atomic E-state index is 0.185. The van der Waals surface area contributed by atoms with Gasteiger partial charge in [-0.3, -0.25) is 0 Å². The van der Waals surface area contributed by atoms with E-state index in [0.29, 0.717) is 9.36 Å². The van der Waals surface area contributed by atoms with E-state index in [0.717, 1.165) is 22.6 Å². The molecule has 2 N–H and O–H groups in total. The number of sulfonamides is 1. The molecule has 0 aliphatic rings. The van der Waals surface area contributed by atoms with Gasteiger partial charge in [0.2, 0.25) is 10.0 Å². The van der Waals surface area contributed by atoms with Gasteiger partial charge in [-0.15, -0.1) is 11.3 Å². The van der Waals surface area contributed by atoms with Crippen molar-refractivity contribution in [1.29, 1.82) is 0 Å². The van der Waals surface area contributed by atoms with E-state index in [2.05, 4.69) is 10.0 Å². The second-order valence-corrected chi connectivity index (χ2v) is 9.67. The fourth-order valence-electron chi connectivity index (χ4n) is 2.39. The number of benzene rings is 2. The van der Waals surface area contributed by atoms with Gasteiger partial charge in [0.05, 0.1) is 10.4 Å². The summed E-state index contributed by atoms with van der Waals surface area (Å²) in [6, 6.07) is 19.7. The second-order valence-electron chi connectivity index (χ2n) is 5.52. The van der Waals surface area contributed by atoms with Crippen LogP contribution in [0.3, 0.4) is 0 Å². The van der Waals surface area contributed by atoms with Crippen LogP contribution in [0, 0.1) is 0 Å². The number of thiophene rings is 1. The number of rotatable bonds is 7. The summed E-state index contributed by atoms with van der Waals surface area (Å²) in [4.78, 5) is 0. The van der Waals surface area contributed by atoms with Crippen LogP contribution in [0.2, 0.25) is 9.36 Å². The van der Waals surface area contributed by atoms with Crippen LogP contribution in [0.1, 0.15) is 11.6 Å². The predicted octanol–water partition coefficient (Wildman–Crippen LogP) is 5.19. The molecular formula is C18H16Cl2N2O2S2. The molecule has 0 spiro atoms. The fourth-order valence-corrected chi connectivity index (χ4v) is 5.09.